The molecule has 192 valence electrons. The average molecular weight is 507 g/mol. The molecule has 1 atom stereocenters. The zero-order chi connectivity index (χ0) is 28.4. The fourth-order valence-corrected chi connectivity index (χ4v) is 4.39. The predicted molar refractivity (Wildman–Crippen MR) is 139 cm³/mol. The first-order chi connectivity index (χ1) is 19.1. The summed E-state index contributed by atoms with van der Waals surface area (Å²) in [7, 11) is 1.51. The number of ether oxygens (including phenoxy) is 1. The first kappa shape index (κ1) is 20.9. The molecule has 3 aromatic rings. The third kappa shape index (κ3) is 5.17. The number of benzene rings is 1. The van der Waals surface area contributed by atoms with Gasteiger partial charge in [-0.3, -0.25) is 14.6 Å². The van der Waals surface area contributed by atoms with Crippen molar-refractivity contribution in [3.8, 4) is 16.9 Å². The molecule has 2 aromatic heterocycles. The molecule has 1 aliphatic carbocycles. The molecule has 1 aromatic carbocycles. The number of carbonyl (C=O) groups is 2. The van der Waals surface area contributed by atoms with Crippen LogP contribution in [0.3, 0.4) is 0 Å². The summed E-state index contributed by atoms with van der Waals surface area (Å²) < 4.78 is 28.1. The van der Waals surface area contributed by atoms with Crippen molar-refractivity contribution in [3.63, 3.8) is 0 Å². The Morgan fingerprint density at radius 1 is 1.16 bits per heavy atom. The Morgan fingerprint density at radius 3 is 2.76 bits per heavy atom. The SMILES string of the molecule is [2H]C([2H])([2H])NC(=O)c1nnc(NC(=O)C2CC2)cc1Nc1cccc(-c2ccncc2N2CC[C@@H](O)C2)c1OC. The second-order valence-electron chi connectivity index (χ2n) is 9.00. The number of para-hydroxylation sites is 1. The molecule has 5 rings (SSSR count). The third-order valence-electron chi connectivity index (χ3n) is 6.40. The number of hydrogen-bond donors (Lipinski definition) is 4. The topological polar surface area (TPSA) is 142 Å². The van der Waals surface area contributed by atoms with Crippen LogP contribution >= 0.6 is 0 Å². The number of hydrogen-bond acceptors (Lipinski definition) is 9. The number of carbonyl (C=O) groups excluding carboxylic acids is 2. The highest BCUT2D eigenvalue weighted by Gasteiger charge is 2.30. The van der Waals surface area contributed by atoms with E-state index in [0.29, 0.717) is 30.9 Å². The largest absolute Gasteiger partial charge is 0.494 e. The van der Waals surface area contributed by atoms with Crippen molar-refractivity contribution in [2.75, 3.05) is 42.7 Å². The molecule has 37 heavy (non-hydrogen) atoms. The fourth-order valence-electron chi connectivity index (χ4n) is 4.39. The molecular formula is C26H29N7O4. The van der Waals surface area contributed by atoms with Crippen LogP contribution in [0.1, 0.15) is 33.9 Å². The summed E-state index contributed by atoms with van der Waals surface area (Å²) in [5.41, 5.74) is 2.70. The zero-order valence-electron chi connectivity index (χ0n) is 23.2. The minimum Gasteiger partial charge on any atom is -0.494 e. The van der Waals surface area contributed by atoms with Crippen LogP contribution in [0.4, 0.5) is 22.9 Å². The smallest absolute Gasteiger partial charge is 0.273 e. The van der Waals surface area contributed by atoms with Crippen LogP contribution in [0.5, 0.6) is 5.75 Å². The Balaban J connectivity index is 1.53. The van der Waals surface area contributed by atoms with Gasteiger partial charge in [-0.25, -0.2) is 0 Å². The monoisotopic (exact) mass is 506 g/mol. The van der Waals surface area contributed by atoms with E-state index in [-0.39, 0.29) is 29.0 Å². The lowest BCUT2D eigenvalue weighted by Gasteiger charge is -2.23. The molecule has 2 amide bonds. The first-order valence-electron chi connectivity index (χ1n) is 13.5. The number of rotatable bonds is 8. The van der Waals surface area contributed by atoms with Gasteiger partial charge in [0.05, 0.1) is 36.5 Å². The molecule has 1 saturated carbocycles. The van der Waals surface area contributed by atoms with E-state index in [4.69, 9.17) is 8.85 Å². The van der Waals surface area contributed by atoms with E-state index in [1.54, 1.807) is 24.5 Å². The van der Waals surface area contributed by atoms with Gasteiger partial charge in [0.1, 0.15) is 5.75 Å². The lowest BCUT2D eigenvalue weighted by atomic mass is 10.0. The van der Waals surface area contributed by atoms with E-state index >= 15 is 0 Å². The van der Waals surface area contributed by atoms with Gasteiger partial charge in [-0.05, 0) is 31.4 Å². The van der Waals surface area contributed by atoms with Crippen LogP contribution in [0.25, 0.3) is 11.1 Å². The predicted octanol–water partition coefficient (Wildman–Crippen LogP) is 2.57. The van der Waals surface area contributed by atoms with Crippen LogP contribution in [0.2, 0.25) is 0 Å². The van der Waals surface area contributed by atoms with Crippen molar-refractivity contribution >= 4 is 34.7 Å². The Labute approximate surface area is 218 Å². The van der Waals surface area contributed by atoms with Gasteiger partial charge >= 0.3 is 0 Å². The average Bonchev–Trinajstić information content (AvgIpc) is 3.68. The van der Waals surface area contributed by atoms with Crippen LogP contribution in [0, 0.1) is 5.92 Å². The molecule has 0 unspecified atom stereocenters. The van der Waals surface area contributed by atoms with Crippen molar-refractivity contribution in [2.24, 2.45) is 5.92 Å². The Hall–Kier alpha value is -4.25. The number of β-amino-alcohol motifs (C(OH)–C–C–N with tert-alkyl or cyclic N) is 1. The number of aromatic nitrogens is 3. The van der Waals surface area contributed by atoms with Crippen LogP contribution < -0.4 is 25.6 Å². The number of anilines is 4. The zero-order valence-corrected chi connectivity index (χ0v) is 20.2. The van der Waals surface area contributed by atoms with Gasteiger partial charge in [0.15, 0.2) is 11.5 Å². The van der Waals surface area contributed by atoms with Crippen molar-refractivity contribution in [3.05, 3.63) is 48.4 Å². The first-order valence-corrected chi connectivity index (χ1v) is 12.0. The molecule has 0 spiro atoms. The fraction of sp³-hybridized carbons (Fsp3) is 0.346. The summed E-state index contributed by atoms with van der Waals surface area (Å²) in [4.78, 5) is 31.5. The second-order valence-corrected chi connectivity index (χ2v) is 9.00. The molecule has 2 fully saturated rings. The maximum atomic E-state index is 12.8. The summed E-state index contributed by atoms with van der Waals surface area (Å²) in [6.07, 6.45) is 5.23. The summed E-state index contributed by atoms with van der Waals surface area (Å²) >= 11 is 0. The van der Waals surface area contributed by atoms with Crippen LogP contribution in [-0.2, 0) is 4.79 Å². The molecule has 1 aliphatic heterocycles. The molecule has 3 heterocycles. The molecular weight excluding hydrogens is 474 g/mol. The van der Waals surface area contributed by atoms with Gasteiger partial charge in [0, 0.05) is 53.5 Å². The second kappa shape index (κ2) is 10.4. The molecule has 4 N–H and O–H groups in total. The van der Waals surface area contributed by atoms with E-state index in [1.165, 1.54) is 13.2 Å². The summed E-state index contributed by atoms with van der Waals surface area (Å²) in [5.74, 6) is -0.688. The normalized spacial score (nSPS) is 18.4. The molecule has 0 bridgehead atoms. The lowest BCUT2D eigenvalue weighted by molar-refractivity contribution is -0.117. The quantitative estimate of drug-likeness (QED) is 0.363. The van der Waals surface area contributed by atoms with E-state index in [1.807, 2.05) is 17.4 Å². The van der Waals surface area contributed by atoms with Gasteiger partial charge in [-0.1, -0.05) is 12.1 Å². The van der Waals surface area contributed by atoms with Gasteiger partial charge in [-0.2, -0.15) is 0 Å². The number of aliphatic hydroxyl groups excluding tert-OH is 1. The van der Waals surface area contributed by atoms with Crippen molar-refractivity contribution in [1.29, 1.82) is 0 Å². The van der Waals surface area contributed by atoms with E-state index in [2.05, 4.69) is 30.7 Å². The maximum absolute atomic E-state index is 12.8. The number of pyridine rings is 1. The summed E-state index contributed by atoms with van der Waals surface area (Å²) in [5, 5.41) is 25.7. The number of nitrogens with zero attached hydrogens (tertiary/aromatic N) is 4. The molecule has 11 heteroatoms. The van der Waals surface area contributed by atoms with Crippen LogP contribution in [0.15, 0.2) is 42.7 Å². The standard InChI is InChI=1S/C26H29N7O4/c1-27-26(36)23-20(12-22(31-32-23)30-25(35)15-6-7-15)29-19-5-3-4-18(24(19)37-2)17-8-10-28-13-21(17)33-11-9-16(34)14-33/h3-5,8,10,12-13,15-16,34H,6-7,9,11,14H2,1-2H3,(H,27,36)(H2,29,30,31,35)/t16-/m1/s1/i1D3. The number of amides is 2. The maximum Gasteiger partial charge on any atom is 0.273 e. The molecule has 1 saturated heterocycles. The molecule has 0 radical (unpaired) electrons. The number of methoxy groups -OCH3 is 1. The van der Waals surface area contributed by atoms with Gasteiger partial charge in [0.25, 0.3) is 5.91 Å². The minimum atomic E-state index is -2.74. The highest BCUT2D eigenvalue weighted by atomic mass is 16.5. The summed E-state index contributed by atoms with van der Waals surface area (Å²) in [6.45, 7) is -1.58. The van der Waals surface area contributed by atoms with Crippen LogP contribution in [-0.4, -0.2) is 65.4 Å². The molecule has 11 nitrogen and oxygen atoms in total. The Morgan fingerprint density at radius 2 is 2.03 bits per heavy atom. The number of aliphatic hydroxyl groups is 1. The van der Waals surface area contributed by atoms with Gasteiger partial charge < -0.3 is 30.7 Å². The lowest BCUT2D eigenvalue weighted by Crippen LogP contribution is -2.22. The van der Waals surface area contributed by atoms with Crippen molar-refractivity contribution in [1.82, 2.24) is 20.5 Å². The minimum absolute atomic E-state index is 0.0835. The van der Waals surface area contributed by atoms with Crippen molar-refractivity contribution < 1.29 is 23.5 Å². The Kier molecular flexibility index (Phi) is 5.87. The van der Waals surface area contributed by atoms with Gasteiger partial charge in [-0.15, -0.1) is 10.2 Å². The number of nitrogens with one attached hydrogen (secondary N) is 3. The third-order valence-corrected chi connectivity index (χ3v) is 6.40. The Bertz CT molecular complexity index is 1430. The van der Waals surface area contributed by atoms with Crippen molar-refractivity contribution in [2.45, 2.75) is 25.4 Å². The highest BCUT2D eigenvalue weighted by Crippen LogP contribution is 2.42. The summed E-state index contributed by atoms with van der Waals surface area (Å²) in [6, 6.07) is 8.70. The van der Waals surface area contributed by atoms with E-state index in [0.717, 1.165) is 29.7 Å². The van der Waals surface area contributed by atoms with E-state index < -0.39 is 19.0 Å². The highest BCUT2D eigenvalue weighted by molar-refractivity contribution is 6.00. The van der Waals surface area contributed by atoms with Gasteiger partial charge in [0.2, 0.25) is 5.91 Å². The molecule has 2 aliphatic rings. The van der Waals surface area contributed by atoms with E-state index in [9.17, 15) is 14.7 Å².